The van der Waals surface area contributed by atoms with Crippen LogP contribution in [0.3, 0.4) is 0 Å². The van der Waals surface area contributed by atoms with Gasteiger partial charge in [-0.3, -0.25) is 0 Å². The van der Waals surface area contributed by atoms with Crippen LogP contribution in [0.15, 0.2) is 22.7 Å². The van der Waals surface area contributed by atoms with Gasteiger partial charge in [-0.05, 0) is 50.8 Å². The first kappa shape index (κ1) is 13.9. The van der Waals surface area contributed by atoms with Gasteiger partial charge in [0.2, 0.25) is 0 Å². The molecule has 18 heavy (non-hydrogen) atoms. The third-order valence-electron chi connectivity index (χ3n) is 4.12. The second-order valence-electron chi connectivity index (χ2n) is 5.43. The standard InChI is InChI=1S/C15H22BrNO/c1-10-5-4-8-17(11(10)2)15-7-6-13(16)9-14(15)12(3)18/h6-7,9-12,18H,4-5,8H2,1-3H3. The Labute approximate surface area is 118 Å². The van der Waals surface area contributed by atoms with Crippen molar-refractivity contribution in [2.45, 2.75) is 45.8 Å². The lowest BCUT2D eigenvalue weighted by Gasteiger charge is -2.41. The molecule has 1 aliphatic rings. The maximum absolute atomic E-state index is 9.96. The molecule has 3 heteroatoms. The van der Waals surface area contributed by atoms with Crippen LogP contribution < -0.4 is 4.90 Å². The van der Waals surface area contributed by atoms with Gasteiger partial charge in [0.25, 0.3) is 0 Å². The van der Waals surface area contributed by atoms with Crippen LogP contribution >= 0.6 is 15.9 Å². The van der Waals surface area contributed by atoms with Crippen molar-refractivity contribution in [2.75, 3.05) is 11.4 Å². The van der Waals surface area contributed by atoms with Gasteiger partial charge in [-0.25, -0.2) is 0 Å². The number of piperidine rings is 1. The highest BCUT2D eigenvalue weighted by Crippen LogP contribution is 2.34. The lowest BCUT2D eigenvalue weighted by molar-refractivity contribution is 0.199. The van der Waals surface area contributed by atoms with Gasteiger partial charge in [-0.15, -0.1) is 0 Å². The van der Waals surface area contributed by atoms with Crippen molar-refractivity contribution in [3.8, 4) is 0 Å². The largest absolute Gasteiger partial charge is 0.389 e. The fourth-order valence-electron chi connectivity index (χ4n) is 2.80. The average Bonchev–Trinajstić information content (AvgIpc) is 2.33. The van der Waals surface area contributed by atoms with Crippen LogP contribution in [0.25, 0.3) is 0 Å². The van der Waals surface area contributed by atoms with Gasteiger partial charge >= 0.3 is 0 Å². The molecule has 1 N–H and O–H groups in total. The highest BCUT2D eigenvalue weighted by atomic mass is 79.9. The van der Waals surface area contributed by atoms with E-state index in [4.69, 9.17) is 0 Å². The number of aliphatic hydroxyl groups is 1. The van der Waals surface area contributed by atoms with E-state index in [0.29, 0.717) is 12.0 Å². The van der Waals surface area contributed by atoms with Crippen molar-refractivity contribution < 1.29 is 5.11 Å². The third-order valence-corrected chi connectivity index (χ3v) is 4.62. The molecule has 1 aliphatic heterocycles. The maximum Gasteiger partial charge on any atom is 0.0782 e. The zero-order chi connectivity index (χ0) is 13.3. The van der Waals surface area contributed by atoms with E-state index < -0.39 is 6.10 Å². The number of hydrogen-bond donors (Lipinski definition) is 1. The predicted octanol–water partition coefficient (Wildman–Crippen LogP) is 4.13. The second-order valence-corrected chi connectivity index (χ2v) is 6.35. The summed E-state index contributed by atoms with van der Waals surface area (Å²) in [4.78, 5) is 2.45. The molecule has 1 aromatic carbocycles. The lowest BCUT2D eigenvalue weighted by atomic mass is 9.90. The van der Waals surface area contributed by atoms with Crippen LogP contribution in [-0.2, 0) is 0 Å². The van der Waals surface area contributed by atoms with E-state index in [1.807, 2.05) is 13.0 Å². The number of nitrogens with zero attached hydrogens (tertiary/aromatic N) is 1. The number of rotatable bonds is 2. The normalized spacial score (nSPS) is 26.2. The molecule has 100 valence electrons. The Hall–Kier alpha value is -0.540. The highest BCUT2D eigenvalue weighted by Gasteiger charge is 2.26. The van der Waals surface area contributed by atoms with Crippen LogP contribution in [0.2, 0.25) is 0 Å². The summed E-state index contributed by atoms with van der Waals surface area (Å²) in [6.45, 7) is 7.53. The SMILES string of the molecule is CC(O)c1cc(Br)ccc1N1CCCC(C)C1C. The first-order chi connectivity index (χ1) is 8.50. The number of anilines is 1. The molecule has 0 aromatic heterocycles. The van der Waals surface area contributed by atoms with Gasteiger partial charge in [0, 0.05) is 28.3 Å². The van der Waals surface area contributed by atoms with E-state index in [1.165, 1.54) is 18.5 Å². The minimum atomic E-state index is -0.429. The topological polar surface area (TPSA) is 23.5 Å². The van der Waals surface area contributed by atoms with E-state index in [0.717, 1.165) is 16.6 Å². The molecule has 0 radical (unpaired) electrons. The molecule has 2 nitrogen and oxygen atoms in total. The third kappa shape index (κ3) is 2.72. The molecule has 1 heterocycles. The van der Waals surface area contributed by atoms with Crippen LogP contribution in [0.1, 0.15) is 45.3 Å². The molecular weight excluding hydrogens is 290 g/mol. The summed E-state index contributed by atoms with van der Waals surface area (Å²) in [5, 5.41) is 9.96. The molecule has 3 atom stereocenters. The Kier molecular flexibility index (Phi) is 4.33. The summed E-state index contributed by atoms with van der Waals surface area (Å²) >= 11 is 3.49. The fraction of sp³-hybridized carbons (Fsp3) is 0.600. The van der Waals surface area contributed by atoms with Gasteiger partial charge in [0.15, 0.2) is 0 Å². The van der Waals surface area contributed by atoms with E-state index in [2.05, 4.69) is 46.8 Å². The summed E-state index contributed by atoms with van der Waals surface area (Å²) in [5.74, 6) is 0.712. The van der Waals surface area contributed by atoms with Crippen molar-refractivity contribution in [1.82, 2.24) is 0 Å². The summed E-state index contributed by atoms with van der Waals surface area (Å²) in [6, 6.07) is 6.76. The molecule has 2 rings (SSSR count). The number of aliphatic hydroxyl groups excluding tert-OH is 1. The van der Waals surface area contributed by atoms with Crippen LogP contribution in [0.5, 0.6) is 0 Å². The average molecular weight is 312 g/mol. The summed E-state index contributed by atoms with van der Waals surface area (Å²) in [7, 11) is 0. The number of benzene rings is 1. The zero-order valence-corrected chi connectivity index (χ0v) is 12.9. The first-order valence-electron chi connectivity index (χ1n) is 6.75. The smallest absolute Gasteiger partial charge is 0.0782 e. The molecule has 0 aliphatic carbocycles. The molecule has 1 saturated heterocycles. The van der Waals surface area contributed by atoms with Crippen LogP contribution in [0.4, 0.5) is 5.69 Å². The van der Waals surface area contributed by atoms with Crippen molar-refractivity contribution in [3.05, 3.63) is 28.2 Å². The monoisotopic (exact) mass is 311 g/mol. The quantitative estimate of drug-likeness (QED) is 0.887. The number of halogens is 1. The van der Waals surface area contributed by atoms with Gasteiger partial charge < -0.3 is 10.0 Å². The van der Waals surface area contributed by atoms with Gasteiger partial charge in [-0.1, -0.05) is 22.9 Å². The fourth-order valence-corrected chi connectivity index (χ4v) is 3.18. The number of hydrogen-bond acceptors (Lipinski definition) is 2. The van der Waals surface area contributed by atoms with Gasteiger partial charge in [0.1, 0.15) is 0 Å². The highest BCUT2D eigenvalue weighted by molar-refractivity contribution is 9.10. The summed E-state index contributed by atoms with van der Waals surface area (Å²) in [5.41, 5.74) is 2.21. The molecule has 3 unspecified atom stereocenters. The molecular formula is C15H22BrNO. The zero-order valence-electron chi connectivity index (χ0n) is 11.4. The second kappa shape index (κ2) is 5.62. The molecule has 0 spiro atoms. The van der Waals surface area contributed by atoms with Crippen molar-refractivity contribution in [3.63, 3.8) is 0 Å². The molecule has 0 amide bonds. The van der Waals surface area contributed by atoms with Crippen molar-refractivity contribution in [2.24, 2.45) is 5.92 Å². The Bertz CT molecular complexity index is 419. The molecule has 0 saturated carbocycles. The van der Waals surface area contributed by atoms with E-state index in [1.54, 1.807) is 0 Å². The Morgan fingerprint density at radius 2 is 2.11 bits per heavy atom. The minimum Gasteiger partial charge on any atom is -0.389 e. The molecule has 1 fully saturated rings. The maximum atomic E-state index is 9.96. The van der Waals surface area contributed by atoms with E-state index in [-0.39, 0.29) is 0 Å². The Balaban J connectivity index is 2.37. The van der Waals surface area contributed by atoms with Crippen molar-refractivity contribution >= 4 is 21.6 Å². The van der Waals surface area contributed by atoms with Crippen molar-refractivity contribution in [1.29, 1.82) is 0 Å². The minimum absolute atomic E-state index is 0.429. The Morgan fingerprint density at radius 3 is 2.78 bits per heavy atom. The van der Waals surface area contributed by atoms with Crippen LogP contribution in [-0.4, -0.2) is 17.7 Å². The molecule has 0 bridgehead atoms. The van der Waals surface area contributed by atoms with E-state index in [9.17, 15) is 5.11 Å². The van der Waals surface area contributed by atoms with Gasteiger partial charge in [-0.2, -0.15) is 0 Å². The Morgan fingerprint density at radius 1 is 1.39 bits per heavy atom. The summed E-state index contributed by atoms with van der Waals surface area (Å²) in [6.07, 6.45) is 2.11. The first-order valence-corrected chi connectivity index (χ1v) is 7.54. The van der Waals surface area contributed by atoms with Gasteiger partial charge in [0.05, 0.1) is 6.10 Å². The molecule has 1 aromatic rings. The summed E-state index contributed by atoms with van der Waals surface area (Å²) < 4.78 is 1.03. The predicted molar refractivity (Wildman–Crippen MR) is 80.0 cm³/mol. The lowest BCUT2D eigenvalue weighted by Crippen LogP contribution is -2.43. The van der Waals surface area contributed by atoms with Crippen LogP contribution in [0, 0.1) is 5.92 Å². The van der Waals surface area contributed by atoms with E-state index >= 15 is 0 Å².